The molecule has 1 aliphatic heterocycles. The number of aliphatic hydroxyl groups excluding tert-OH is 1. The van der Waals surface area contributed by atoms with E-state index in [9.17, 15) is 19.5 Å². The van der Waals surface area contributed by atoms with Crippen LogP contribution >= 0.6 is 11.3 Å². The number of aliphatic hydroxyl groups is 1. The topological polar surface area (TPSA) is 123 Å². The van der Waals surface area contributed by atoms with Crippen molar-refractivity contribution in [1.82, 2.24) is 14.4 Å². The number of rotatable bonds is 9. The number of anilines is 1. The van der Waals surface area contributed by atoms with Gasteiger partial charge in [0.25, 0.3) is 5.78 Å². The zero-order chi connectivity index (χ0) is 29.4. The third kappa shape index (κ3) is 4.86. The predicted octanol–water partition coefficient (Wildman–Crippen LogP) is 5.42. The Labute approximate surface area is 240 Å². The minimum atomic E-state index is -1.06. The molecule has 41 heavy (non-hydrogen) atoms. The summed E-state index contributed by atoms with van der Waals surface area (Å²) in [5, 5.41) is 11.9. The Morgan fingerprint density at radius 1 is 1.10 bits per heavy atom. The highest BCUT2D eigenvalue weighted by Crippen LogP contribution is 2.45. The lowest BCUT2D eigenvalue weighted by Gasteiger charge is -2.24. The van der Waals surface area contributed by atoms with E-state index < -0.39 is 17.7 Å². The number of amides is 1. The number of ketones is 2. The third-order valence-corrected chi connectivity index (χ3v) is 8.20. The van der Waals surface area contributed by atoms with Crippen molar-refractivity contribution in [3.8, 4) is 11.5 Å². The molecule has 3 aromatic heterocycles. The molecule has 4 aromatic rings. The van der Waals surface area contributed by atoms with Crippen LogP contribution in [-0.2, 0) is 9.59 Å². The Morgan fingerprint density at radius 2 is 1.88 bits per heavy atom. The Kier molecular flexibility index (Phi) is 7.63. The fraction of sp³-hybridized carbons (Fsp3) is 0.300. The first-order chi connectivity index (χ1) is 19.7. The average Bonchev–Trinajstić information content (AvgIpc) is 3.58. The Balaban J connectivity index is 1.74. The molecule has 0 saturated carbocycles. The molecule has 5 rings (SSSR count). The van der Waals surface area contributed by atoms with Crippen LogP contribution in [0.25, 0.3) is 11.4 Å². The first-order valence-corrected chi connectivity index (χ1v) is 14.0. The summed E-state index contributed by atoms with van der Waals surface area (Å²) in [5.41, 5.74) is 2.19. The van der Waals surface area contributed by atoms with Crippen molar-refractivity contribution in [2.75, 3.05) is 18.6 Å². The molecule has 1 aliphatic rings. The molecule has 1 saturated heterocycles. The van der Waals surface area contributed by atoms with Crippen molar-refractivity contribution in [2.24, 2.45) is 0 Å². The monoisotopic (exact) mass is 574 g/mol. The summed E-state index contributed by atoms with van der Waals surface area (Å²) in [4.78, 5) is 50.2. The highest BCUT2D eigenvalue weighted by atomic mass is 32.1. The molecule has 0 bridgehead atoms. The summed E-state index contributed by atoms with van der Waals surface area (Å²) in [6.07, 6.45) is 3.56. The lowest BCUT2D eigenvalue weighted by molar-refractivity contribution is -0.132. The number of carbonyl (C=O) groups excluding carboxylic acids is 3. The van der Waals surface area contributed by atoms with Gasteiger partial charge in [0.15, 0.2) is 28.2 Å². The Hall–Kier alpha value is -4.51. The van der Waals surface area contributed by atoms with E-state index in [1.165, 1.54) is 18.9 Å². The van der Waals surface area contributed by atoms with Crippen molar-refractivity contribution in [1.29, 1.82) is 0 Å². The molecule has 1 fully saturated rings. The largest absolute Gasteiger partial charge is 0.505 e. The number of imidazole rings is 1. The molecule has 0 spiro atoms. The number of hydrogen-bond acceptors (Lipinski definition) is 9. The lowest BCUT2D eigenvalue weighted by atomic mass is 9.96. The van der Waals surface area contributed by atoms with Crippen LogP contribution in [-0.4, -0.2) is 50.7 Å². The first-order valence-electron chi connectivity index (χ1n) is 13.2. The number of ether oxygens (including phenoxy) is 2. The standard InChI is InChI=1S/C30H30N4O6S/c1-6-7-14-40-20-12-11-19(15-21(20)39-5)25-23(26(36)24-16(2)31-22-10-8-9-13-33(22)24)27(37)29(38)34(25)30-32-17(3)28(41-30)18(4)35/h8-13,15,25,36H,6-7,14H2,1-5H3/b26-23+. The van der Waals surface area contributed by atoms with Crippen LogP contribution < -0.4 is 14.4 Å². The molecule has 11 heteroatoms. The number of hydrogen-bond donors (Lipinski definition) is 1. The second-order valence-corrected chi connectivity index (χ2v) is 10.7. The van der Waals surface area contributed by atoms with Gasteiger partial charge in [-0.2, -0.15) is 0 Å². The molecule has 0 radical (unpaired) electrons. The summed E-state index contributed by atoms with van der Waals surface area (Å²) in [5.74, 6) is -1.38. The molecule has 1 atom stereocenters. The van der Waals surface area contributed by atoms with Gasteiger partial charge in [0, 0.05) is 13.1 Å². The molecule has 4 heterocycles. The van der Waals surface area contributed by atoms with Gasteiger partial charge >= 0.3 is 5.91 Å². The van der Waals surface area contributed by atoms with Crippen molar-refractivity contribution in [3.05, 3.63) is 75.7 Å². The number of aromatic nitrogens is 3. The molecular weight excluding hydrogens is 544 g/mol. The molecule has 0 aliphatic carbocycles. The van der Waals surface area contributed by atoms with E-state index in [-0.39, 0.29) is 22.2 Å². The minimum absolute atomic E-state index is 0.123. The summed E-state index contributed by atoms with van der Waals surface area (Å²) < 4.78 is 13.2. The fourth-order valence-electron chi connectivity index (χ4n) is 4.98. The second-order valence-electron chi connectivity index (χ2n) is 9.72. The maximum Gasteiger partial charge on any atom is 0.301 e. The Morgan fingerprint density at radius 3 is 2.56 bits per heavy atom. The number of Topliss-reactive ketones (excluding diaryl/α,β-unsaturated/α-hetero) is 2. The number of fused-ring (bicyclic) bond motifs is 1. The van der Waals surface area contributed by atoms with E-state index >= 15 is 0 Å². The number of carbonyl (C=O) groups is 3. The lowest BCUT2D eigenvalue weighted by Crippen LogP contribution is -2.29. The van der Waals surface area contributed by atoms with Crippen LogP contribution in [0.3, 0.4) is 0 Å². The third-order valence-electron chi connectivity index (χ3n) is 6.94. The fourth-order valence-corrected chi connectivity index (χ4v) is 5.97. The van der Waals surface area contributed by atoms with Gasteiger partial charge in [-0.1, -0.05) is 36.8 Å². The van der Waals surface area contributed by atoms with Gasteiger partial charge in [0.05, 0.1) is 41.6 Å². The molecule has 1 unspecified atom stereocenters. The highest BCUT2D eigenvalue weighted by Gasteiger charge is 2.49. The number of pyridine rings is 1. The summed E-state index contributed by atoms with van der Waals surface area (Å²) in [6, 6.07) is 9.46. The molecule has 1 aromatic carbocycles. The molecule has 1 amide bonds. The summed E-state index contributed by atoms with van der Waals surface area (Å²) >= 11 is 1.03. The summed E-state index contributed by atoms with van der Waals surface area (Å²) in [7, 11) is 1.51. The zero-order valence-electron chi connectivity index (χ0n) is 23.4. The first kappa shape index (κ1) is 28.0. The molecule has 212 valence electrons. The summed E-state index contributed by atoms with van der Waals surface area (Å²) in [6.45, 7) is 7.39. The quantitative estimate of drug-likeness (QED) is 0.0924. The SMILES string of the molecule is CCCCOc1ccc(C2/C(=C(\O)c3c(C)nc4ccccn34)C(=O)C(=O)N2c2nc(C)c(C(C)=O)s2)cc1OC. The number of aryl methyl sites for hydroxylation is 2. The van der Waals surface area contributed by atoms with Crippen LogP contribution in [0.1, 0.15) is 65.0 Å². The van der Waals surface area contributed by atoms with Crippen LogP contribution in [0.15, 0.2) is 48.2 Å². The number of unbranched alkanes of at least 4 members (excludes halogenated alkanes) is 1. The number of thiazole rings is 1. The van der Waals surface area contributed by atoms with Crippen LogP contribution in [0.5, 0.6) is 11.5 Å². The van der Waals surface area contributed by atoms with Crippen molar-refractivity contribution >= 4 is 45.3 Å². The van der Waals surface area contributed by atoms with E-state index in [1.54, 1.807) is 54.8 Å². The normalized spacial score (nSPS) is 16.5. The maximum absolute atomic E-state index is 13.7. The predicted molar refractivity (Wildman–Crippen MR) is 155 cm³/mol. The second kappa shape index (κ2) is 11.2. The van der Waals surface area contributed by atoms with Crippen molar-refractivity contribution in [2.45, 2.75) is 46.6 Å². The van der Waals surface area contributed by atoms with Gasteiger partial charge in [0.2, 0.25) is 0 Å². The number of benzene rings is 1. The maximum atomic E-state index is 13.7. The van der Waals surface area contributed by atoms with E-state index in [4.69, 9.17) is 9.47 Å². The molecule has 10 nitrogen and oxygen atoms in total. The van der Waals surface area contributed by atoms with Gasteiger partial charge in [-0.3, -0.25) is 23.7 Å². The van der Waals surface area contributed by atoms with Crippen LogP contribution in [0, 0.1) is 13.8 Å². The van der Waals surface area contributed by atoms with Gasteiger partial charge in [-0.05, 0) is 50.1 Å². The number of nitrogens with zero attached hydrogens (tertiary/aromatic N) is 4. The Bertz CT molecular complexity index is 1720. The smallest absolute Gasteiger partial charge is 0.301 e. The average molecular weight is 575 g/mol. The van der Waals surface area contributed by atoms with E-state index in [0.29, 0.717) is 51.3 Å². The number of methoxy groups -OCH3 is 1. The van der Waals surface area contributed by atoms with Gasteiger partial charge in [-0.15, -0.1) is 0 Å². The molecular formula is C30H30N4O6S. The van der Waals surface area contributed by atoms with Crippen molar-refractivity contribution in [3.63, 3.8) is 0 Å². The van der Waals surface area contributed by atoms with Gasteiger partial charge < -0.3 is 14.6 Å². The minimum Gasteiger partial charge on any atom is -0.505 e. The van der Waals surface area contributed by atoms with E-state index in [1.807, 2.05) is 6.07 Å². The highest BCUT2D eigenvalue weighted by molar-refractivity contribution is 7.18. The van der Waals surface area contributed by atoms with Gasteiger partial charge in [-0.25, -0.2) is 9.97 Å². The van der Waals surface area contributed by atoms with Gasteiger partial charge in [0.1, 0.15) is 11.3 Å². The van der Waals surface area contributed by atoms with E-state index in [2.05, 4.69) is 16.9 Å². The van der Waals surface area contributed by atoms with E-state index in [0.717, 1.165) is 24.2 Å². The zero-order valence-corrected chi connectivity index (χ0v) is 24.2. The molecule has 1 N–H and O–H groups in total. The van der Waals surface area contributed by atoms with Crippen LogP contribution in [0.2, 0.25) is 0 Å². The van der Waals surface area contributed by atoms with Crippen molar-refractivity contribution < 1.29 is 29.0 Å². The van der Waals surface area contributed by atoms with Crippen LogP contribution in [0.4, 0.5) is 5.13 Å².